The molecule has 2 aliphatic rings. The minimum atomic E-state index is -1.62. The minimum Gasteiger partial charge on any atom is -0.504 e. The number of unbranched alkanes of at least 4 members (excludes halogenated alkanes) is 1. The van der Waals surface area contributed by atoms with Gasteiger partial charge in [-0.2, -0.15) is 0 Å². The number of aryl methyl sites for hydroxylation is 1. The van der Waals surface area contributed by atoms with E-state index in [2.05, 4.69) is 18.8 Å². The number of hydrogen-bond donors (Lipinski definition) is 2. The zero-order chi connectivity index (χ0) is 26.4. The van der Waals surface area contributed by atoms with Crippen LogP contribution in [-0.4, -0.2) is 35.0 Å². The van der Waals surface area contributed by atoms with Crippen molar-refractivity contribution in [1.29, 1.82) is 0 Å². The quantitative estimate of drug-likeness (QED) is 0.411. The standard InChI is InChI=1S/C32H38O5/c1-3-4-9-21-10-8-13-23-14-16-25(22-11-6-5-7-12-22)26-20-29(34)30(37-2)19-24(26)15-17-28(33)32(36)31(35)27(23)18-21/h5-7,11-12,19-21,23,25,27,32,34,36H,3-4,8-10,13,15,17-18H2,1-2H3/t21-,23-,25-,27+,32-/m0/s1. The zero-order valence-corrected chi connectivity index (χ0v) is 21.9. The molecular weight excluding hydrogens is 464 g/mol. The third kappa shape index (κ3) is 6.25. The van der Waals surface area contributed by atoms with Crippen molar-refractivity contribution in [3.8, 4) is 23.3 Å². The third-order valence-corrected chi connectivity index (χ3v) is 8.04. The van der Waals surface area contributed by atoms with Crippen molar-refractivity contribution in [1.82, 2.24) is 0 Å². The summed E-state index contributed by atoms with van der Waals surface area (Å²) in [6.45, 7) is 2.17. The number of carbonyl (C=O) groups excluding carboxylic acids is 2. The van der Waals surface area contributed by atoms with Crippen LogP contribution in [0.1, 0.15) is 80.9 Å². The predicted molar refractivity (Wildman–Crippen MR) is 144 cm³/mol. The van der Waals surface area contributed by atoms with Gasteiger partial charge in [0, 0.05) is 18.3 Å². The molecule has 5 atom stereocenters. The van der Waals surface area contributed by atoms with Gasteiger partial charge in [0.15, 0.2) is 29.2 Å². The van der Waals surface area contributed by atoms with E-state index >= 15 is 0 Å². The van der Waals surface area contributed by atoms with E-state index in [0.717, 1.165) is 55.2 Å². The van der Waals surface area contributed by atoms with E-state index in [4.69, 9.17) is 4.74 Å². The number of carbonyl (C=O) groups is 2. The summed E-state index contributed by atoms with van der Waals surface area (Å²) in [6.07, 6.45) is 5.47. The number of hydrogen-bond acceptors (Lipinski definition) is 5. The number of ether oxygens (including phenoxy) is 1. The molecule has 2 aliphatic carbocycles. The van der Waals surface area contributed by atoms with Crippen LogP contribution in [0, 0.1) is 29.6 Å². The summed E-state index contributed by atoms with van der Waals surface area (Å²) >= 11 is 0. The van der Waals surface area contributed by atoms with Gasteiger partial charge in [0.2, 0.25) is 0 Å². The number of fused-ring (bicyclic) bond motifs is 2. The van der Waals surface area contributed by atoms with E-state index in [1.165, 1.54) is 7.11 Å². The SMILES string of the molecule is CCCC[C@H]1CCC[C@H]2C#C[C@@H](c3ccccc3)c3cc(O)c(OC)cc3CCC(=O)[C@H](O)C(=O)[C@@H]2C1. The van der Waals surface area contributed by atoms with Crippen molar-refractivity contribution in [3.05, 3.63) is 59.2 Å². The summed E-state index contributed by atoms with van der Waals surface area (Å²) in [4.78, 5) is 26.6. The van der Waals surface area contributed by atoms with Gasteiger partial charge in [-0.3, -0.25) is 9.59 Å². The fraction of sp³-hybridized carbons (Fsp3) is 0.500. The van der Waals surface area contributed by atoms with E-state index in [0.29, 0.717) is 24.5 Å². The maximum absolute atomic E-state index is 13.5. The van der Waals surface area contributed by atoms with Crippen molar-refractivity contribution >= 4 is 11.6 Å². The predicted octanol–water partition coefficient (Wildman–Crippen LogP) is 5.59. The molecule has 0 unspecified atom stereocenters. The molecule has 1 saturated carbocycles. The fourth-order valence-corrected chi connectivity index (χ4v) is 5.92. The van der Waals surface area contributed by atoms with Crippen molar-refractivity contribution in [3.63, 3.8) is 0 Å². The number of aliphatic hydroxyl groups is 1. The van der Waals surface area contributed by atoms with Crippen LogP contribution in [0.5, 0.6) is 11.5 Å². The maximum Gasteiger partial charge on any atom is 0.173 e. The molecule has 196 valence electrons. The molecule has 0 saturated heterocycles. The molecule has 0 bridgehead atoms. The summed E-state index contributed by atoms with van der Waals surface area (Å²) in [5.41, 5.74) is 2.61. The normalized spacial score (nSPS) is 26.4. The average Bonchev–Trinajstić information content (AvgIpc) is 3.12. The number of phenolic OH excluding ortho intramolecular Hbond substituents is 1. The lowest BCUT2D eigenvalue weighted by Gasteiger charge is -2.26. The van der Waals surface area contributed by atoms with Gasteiger partial charge in [0.1, 0.15) is 0 Å². The lowest BCUT2D eigenvalue weighted by Crippen LogP contribution is -2.38. The highest BCUT2D eigenvalue weighted by Crippen LogP contribution is 2.39. The molecule has 37 heavy (non-hydrogen) atoms. The number of phenols is 1. The highest BCUT2D eigenvalue weighted by molar-refractivity contribution is 6.06. The van der Waals surface area contributed by atoms with Crippen molar-refractivity contribution in [2.45, 2.75) is 76.7 Å². The fourth-order valence-electron chi connectivity index (χ4n) is 5.92. The first-order chi connectivity index (χ1) is 17.9. The van der Waals surface area contributed by atoms with Crippen molar-refractivity contribution < 1.29 is 24.5 Å². The molecular formula is C32H38O5. The average molecular weight is 503 g/mol. The Labute approximate surface area is 220 Å². The van der Waals surface area contributed by atoms with Crippen molar-refractivity contribution in [2.75, 3.05) is 7.11 Å². The van der Waals surface area contributed by atoms with Crippen LogP contribution >= 0.6 is 0 Å². The van der Waals surface area contributed by atoms with Crippen LogP contribution in [0.4, 0.5) is 0 Å². The Kier molecular flexibility index (Phi) is 9.05. The molecule has 0 aliphatic heterocycles. The van der Waals surface area contributed by atoms with Crippen LogP contribution in [-0.2, 0) is 16.0 Å². The molecule has 5 nitrogen and oxygen atoms in total. The molecule has 0 spiro atoms. The summed E-state index contributed by atoms with van der Waals surface area (Å²) in [6, 6.07) is 13.3. The number of Topliss-reactive ketones (excluding diaryl/α,β-unsaturated/α-hetero) is 2. The number of rotatable bonds is 5. The molecule has 0 radical (unpaired) electrons. The number of methoxy groups -OCH3 is 1. The Bertz CT molecular complexity index is 1160. The Morgan fingerprint density at radius 2 is 1.84 bits per heavy atom. The van der Waals surface area contributed by atoms with Crippen LogP contribution in [0.2, 0.25) is 0 Å². The summed E-state index contributed by atoms with van der Waals surface area (Å²) in [5.74, 6) is 5.86. The molecule has 0 amide bonds. The highest BCUT2D eigenvalue weighted by atomic mass is 16.5. The van der Waals surface area contributed by atoms with E-state index in [1.807, 2.05) is 30.3 Å². The smallest absolute Gasteiger partial charge is 0.173 e. The van der Waals surface area contributed by atoms with Crippen molar-refractivity contribution in [2.24, 2.45) is 17.8 Å². The van der Waals surface area contributed by atoms with Gasteiger partial charge in [-0.15, -0.1) is 0 Å². The second-order valence-electron chi connectivity index (χ2n) is 10.5. The van der Waals surface area contributed by atoms with E-state index in [1.54, 1.807) is 12.1 Å². The maximum atomic E-state index is 13.5. The minimum absolute atomic E-state index is 0.0173. The Morgan fingerprint density at radius 3 is 2.57 bits per heavy atom. The second kappa shape index (κ2) is 12.4. The molecule has 5 heteroatoms. The first-order valence-corrected chi connectivity index (χ1v) is 13.6. The number of aliphatic hydroxyl groups excluding tert-OH is 1. The van der Waals surface area contributed by atoms with Crippen LogP contribution in [0.3, 0.4) is 0 Å². The first kappa shape index (κ1) is 26.9. The van der Waals surface area contributed by atoms with Gasteiger partial charge in [-0.05, 0) is 54.0 Å². The van der Waals surface area contributed by atoms with E-state index in [-0.39, 0.29) is 29.8 Å². The summed E-state index contributed by atoms with van der Waals surface area (Å²) in [7, 11) is 1.48. The number of ketones is 2. The molecule has 0 aromatic heterocycles. The van der Waals surface area contributed by atoms with Crippen LogP contribution in [0.15, 0.2) is 42.5 Å². The topological polar surface area (TPSA) is 83.8 Å². The van der Waals surface area contributed by atoms with Gasteiger partial charge in [0.25, 0.3) is 0 Å². The Morgan fingerprint density at radius 1 is 1.05 bits per heavy atom. The lowest BCUT2D eigenvalue weighted by molar-refractivity contribution is -0.142. The van der Waals surface area contributed by atoms with Gasteiger partial charge >= 0.3 is 0 Å². The molecule has 4 rings (SSSR count). The third-order valence-electron chi connectivity index (χ3n) is 8.04. The van der Waals surface area contributed by atoms with E-state index < -0.39 is 17.8 Å². The van der Waals surface area contributed by atoms with Gasteiger partial charge in [0.05, 0.1) is 13.0 Å². The van der Waals surface area contributed by atoms with Crippen LogP contribution < -0.4 is 4.74 Å². The largest absolute Gasteiger partial charge is 0.504 e. The molecule has 2 aromatic carbocycles. The van der Waals surface area contributed by atoms with E-state index in [9.17, 15) is 19.8 Å². The van der Waals surface area contributed by atoms with Crippen LogP contribution in [0.25, 0.3) is 0 Å². The zero-order valence-electron chi connectivity index (χ0n) is 21.9. The summed E-state index contributed by atoms with van der Waals surface area (Å²) in [5, 5.41) is 21.5. The first-order valence-electron chi connectivity index (χ1n) is 13.6. The summed E-state index contributed by atoms with van der Waals surface area (Å²) < 4.78 is 5.34. The van der Waals surface area contributed by atoms with Gasteiger partial charge in [-0.1, -0.05) is 81.2 Å². The molecule has 0 heterocycles. The Balaban J connectivity index is 1.84. The highest BCUT2D eigenvalue weighted by Gasteiger charge is 2.38. The van der Waals surface area contributed by atoms with Gasteiger partial charge in [-0.25, -0.2) is 0 Å². The monoisotopic (exact) mass is 502 g/mol. The molecule has 2 aromatic rings. The lowest BCUT2D eigenvalue weighted by atomic mass is 9.78. The number of benzene rings is 2. The molecule has 2 N–H and O–H groups in total. The number of aromatic hydroxyl groups is 1. The Hall–Kier alpha value is -3.10. The molecule has 1 fully saturated rings. The van der Waals surface area contributed by atoms with Gasteiger partial charge < -0.3 is 14.9 Å². The second-order valence-corrected chi connectivity index (χ2v) is 10.5.